The van der Waals surface area contributed by atoms with Crippen LogP contribution in [0.3, 0.4) is 0 Å². The number of carboxylic acid groups (broad SMARTS) is 1. The monoisotopic (exact) mass is 261 g/mol. The van der Waals surface area contributed by atoms with Crippen LogP contribution in [0.5, 0.6) is 5.75 Å². The van der Waals surface area contributed by atoms with Gasteiger partial charge in [0.25, 0.3) is 0 Å². The molecule has 0 spiro atoms. The largest absolute Gasteiger partial charge is 0.508 e. The molecule has 0 saturated carbocycles. The maximum atomic E-state index is 10.8. The fraction of sp³-hybridized carbons (Fsp3) is 0.214. The maximum absolute atomic E-state index is 10.8. The van der Waals surface area contributed by atoms with Crippen LogP contribution < -0.4 is 5.32 Å². The number of rotatable bonds is 5. The molecule has 0 saturated heterocycles. The standard InChI is InChI=1S/C14H15NO4/c1-9-11(6-13(19-9)14(17)18)8-15-7-10-2-4-12(16)5-3-10/h2-6,15-16H,7-8H2,1H3,(H,17,18). The molecule has 0 aliphatic rings. The quantitative estimate of drug-likeness (QED) is 0.769. The van der Waals surface area contributed by atoms with Crippen molar-refractivity contribution in [1.82, 2.24) is 5.32 Å². The number of nitrogens with one attached hydrogen (secondary N) is 1. The third-order valence-corrected chi connectivity index (χ3v) is 2.81. The Morgan fingerprint density at radius 1 is 1.26 bits per heavy atom. The molecule has 2 rings (SSSR count). The van der Waals surface area contributed by atoms with Crippen LogP contribution in [0.1, 0.15) is 27.4 Å². The van der Waals surface area contributed by atoms with E-state index in [1.165, 1.54) is 6.07 Å². The van der Waals surface area contributed by atoms with Crippen molar-refractivity contribution in [3.8, 4) is 5.75 Å². The van der Waals surface area contributed by atoms with Gasteiger partial charge in [-0.25, -0.2) is 4.79 Å². The summed E-state index contributed by atoms with van der Waals surface area (Å²) in [5.41, 5.74) is 1.87. The van der Waals surface area contributed by atoms with Gasteiger partial charge in [0.2, 0.25) is 5.76 Å². The van der Waals surface area contributed by atoms with E-state index in [4.69, 9.17) is 14.6 Å². The van der Waals surface area contributed by atoms with E-state index in [0.717, 1.165) is 11.1 Å². The molecule has 5 nitrogen and oxygen atoms in total. The van der Waals surface area contributed by atoms with Crippen LogP contribution in [0.25, 0.3) is 0 Å². The molecule has 0 bridgehead atoms. The highest BCUT2D eigenvalue weighted by Crippen LogP contribution is 2.15. The summed E-state index contributed by atoms with van der Waals surface area (Å²) in [6.07, 6.45) is 0. The minimum atomic E-state index is -1.06. The molecule has 1 heterocycles. The summed E-state index contributed by atoms with van der Waals surface area (Å²) in [4.78, 5) is 10.8. The SMILES string of the molecule is Cc1oc(C(=O)O)cc1CNCc1ccc(O)cc1. The molecule has 0 fully saturated rings. The van der Waals surface area contributed by atoms with Crippen LogP contribution in [0.15, 0.2) is 34.7 Å². The normalized spacial score (nSPS) is 10.6. The van der Waals surface area contributed by atoms with E-state index in [1.54, 1.807) is 19.1 Å². The first-order valence-corrected chi connectivity index (χ1v) is 5.87. The van der Waals surface area contributed by atoms with Crippen molar-refractivity contribution in [3.05, 3.63) is 53.0 Å². The summed E-state index contributed by atoms with van der Waals surface area (Å²) < 4.78 is 5.12. The Kier molecular flexibility index (Phi) is 3.87. The predicted octanol–water partition coefficient (Wildman–Crippen LogP) is 2.28. The van der Waals surface area contributed by atoms with Gasteiger partial charge in [0.1, 0.15) is 11.5 Å². The molecule has 19 heavy (non-hydrogen) atoms. The van der Waals surface area contributed by atoms with Crippen molar-refractivity contribution in [2.24, 2.45) is 0 Å². The summed E-state index contributed by atoms with van der Waals surface area (Å²) in [7, 11) is 0. The fourth-order valence-electron chi connectivity index (χ4n) is 1.76. The molecule has 0 atom stereocenters. The van der Waals surface area contributed by atoms with Crippen LogP contribution in [-0.4, -0.2) is 16.2 Å². The summed E-state index contributed by atoms with van der Waals surface area (Å²) in [5.74, 6) is -0.261. The van der Waals surface area contributed by atoms with Gasteiger partial charge in [-0.1, -0.05) is 12.1 Å². The number of aryl methyl sites for hydroxylation is 1. The smallest absolute Gasteiger partial charge is 0.371 e. The average molecular weight is 261 g/mol. The molecule has 0 amide bonds. The maximum Gasteiger partial charge on any atom is 0.371 e. The number of phenolic OH excluding ortho intramolecular Hbond substituents is 1. The Bertz CT molecular complexity index is 572. The Hall–Kier alpha value is -2.27. The van der Waals surface area contributed by atoms with Crippen LogP contribution in [0, 0.1) is 6.92 Å². The van der Waals surface area contributed by atoms with E-state index in [9.17, 15) is 4.79 Å². The van der Waals surface area contributed by atoms with E-state index >= 15 is 0 Å². The molecule has 3 N–H and O–H groups in total. The lowest BCUT2D eigenvalue weighted by atomic mass is 10.2. The van der Waals surface area contributed by atoms with E-state index in [1.807, 2.05) is 12.1 Å². The number of hydrogen-bond donors (Lipinski definition) is 3. The van der Waals surface area contributed by atoms with Gasteiger partial charge in [-0.15, -0.1) is 0 Å². The van der Waals surface area contributed by atoms with Gasteiger partial charge in [-0.05, 0) is 30.7 Å². The highest BCUT2D eigenvalue weighted by Gasteiger charge is 2.12. The minimum Gasteiger partial charge on any atom is -0.508 e. The summed E-state index contributed by atoms with van der Waals surface area (Å²) in [6.45, 7) is 2.90. The summed E-state index contributed by atoms with van der Waals surface area (Å²) in [6, 6.07) is 8.44. The first-order valence-electron chi connectivity index (χ1n) is 5.87. The second kappa shape index (κ2) is 5.58. The van der Waals surface area contributed by atoms with Gasteiger partial charge in [0.15, 0.2) is 0 Å². The molecular formula is C14H15NO4. The summed E-state index contributed by atoms with van der Waals surface area (Å²) in [5, 5.41) is 21.2. The number of benzene rings is 1. The van der Waals surface area contributed by atoms with Gasteiger partial charge in [-0.3, -0.25) is 0 Å². The van der Waals surface area contributed by atoms with Crippen molar-refractivity contribution >= 4 is 5.97 Å². The minimum absolute atomic E-state index is 0.0427. The molecule has 1 aromatic carbocycles. The third kappa shape index (κ3) is 3.35. The molecule has 5 heteroatoms. The number of hydrogen-bond acceptors (Lipinski definition) is 4. The molecular weight excluding hydrogens is 246 g/mol. The van der Waals surface area contributed by atoms with Crippen molar-refractivity contribution in [2.45, 2.75) is 20.0 Å². The zero-order valence-corrected chi connectivity index (χ0v) is 10.5. The van der Waals surface area contributed by atoms with Crippen molar-refractivity contribution in [2.75, 3.05) is 0 Å². The molecule has 0 radical (unpaired) electrons. The van der Waals surface area contributed by atoms with E-state index in [-0.39, 0.29) is 11.5 Å². The van der Waals surface area contributed by atoms with Crippen molar-refractivity contribution in [1.29, 1.82) is 0 Å². The van der Waals surface area contributed by atoms with E-state index < -0.39 is 5.97 Å². The van der Waals surface area contributed by atoms with Crippen molar-refractivity contribution in [3.63, 3.8) is 0 Å². The Labute approximate surface area is 110 Å². The van der Waals surface area contributed by atoms with Crippen LogP contribution in [0.2, 0.25) is 0 Å². The molecule has 0 aliphatic heterocycles. The fourth-order valence-corrected chi connectivity index (χ4v) is 1.76. The lowest BCUT2D eigenvalue weighted by Gasteiger charge is -2.04. The lowest BCUT2D eigenvalue weighted by molar-refractivity contribution is 0.0661. The molecule has 2 aromatic rings. The van der Waals surface area contributed by atoms with E-state index in [0.29, 0.717) is 18.8 Å². The number of aromatic hydroxyl groups is 1. The number of carboxylic acids is 1. The van der Waals surface area contributed by atoms with Crippen LogP contribution in [-0.2, 0) is 13.1 Å². The number of phenols is 1. The predicted molar refractivity (Wildman–Crippen MR) is 69.1 cm³/mol. The molecule has 0 aliphatic carbocycles. The average Bonchev–Trinajstić information content (AvgIpc) is 2.74. The highest BCUT2D eigenvalue weighted by molar-refractivity contribution is 5.84. The zero-order chi connectivity index (χ0) is 13.8. The van der Waals surface area contributed by atoms with Crippen LogP contribution >= 0.6 is 0 Å². The van der Waals surface area contributed by atoms with E-state index in [2.05, 4.69) is 5.32 Å². The second-order valence-corrected chi connectivity index (χ2v) is 4.27. The first kappa shape index (κ1) is 13.2. The Balaban J connectivity index is 1.92. The van der Waals surface area contributed by atoms with Gasteiger partial charge < -0.3 is 19.9 Å². The number of carbonyl (C=O) groups is 1. The van der Waals surface area contributed by atoms with Gasteiger partial charge in [0, 0.05) is 18.7 Å². The molecule has 0 unspecified atom stereocenters. The van der Waals surface area contributed by atoms with Crippen LogP contribution in [0.4, 0.5) is 0 Å². The number of furan rings is 1. The van der Waals surface area contributed by atoms with Crippen molar-refractivity contribution < 1.29 is 19.4 Å². The molecule has 100 valence electrons. The van der Waals surface area contributed by atoms with Gasteiger partial charge in [-0.2, -0.15) is 0 Å². The van der Waals surface area contributed by atoms with Gasteiger partial charge in [0.05, 0.1) is 0 Å². The lowest BCUT2D eigenvalue weighted by Crippen LogP contribution is -2.12. The highest BCUT2D eigenvalue weighted by atomic mass is 16.4. The zero-order valence-electron chi connectivity index (χ0n) is 10.5. The number of aromatic carboxylic acids is 1. The Morgan fingerprint density at radius 2 is 1.95 bits per heavy atom. The first-order chi connectivity index (χ1) is 9.06. The Morgan fingerprint density at radius 3 is 2.53 bits per heavy atom. The topological polar surface area (TPSA) is 82.7 Å². The summed E-state index contributed by atoms with van der Waals surface area (Å²) >= 11 is 0. The second-order valence-electron chi connectivity index (χ2n) is 4.27. The molecule has 1 aromatic heterocycles. The third-order valence-electron chi connectivity index (χ3n) is 2.81. The van der Waals surface area contributed by atoms with Gasteiger partial charge >= 0.3 is 5.97 Å².